The van der Waals surface area contributed by atoms with E-state index in [1.165, 1.54) is 5.56 Å². The van der Waals surface area contributed by atoms with Crippen molar-refractivity contribution in [2.45, 2.75) is 50.7 Å². The summed E-state index contributed by atoms with van der Waals surface area (Å²) in [5, 5.41) is 19.1. The number of anilines is 1. The molecule has 140 valence electrons. The number of fused-ring (bicyclic) bond motifs is 1. The van der Waals surface area contributed by atoms with E-state index in [-0.39, 0.29) is 24.0 Å². The second kappa shape index (κ2) is 6.02. The number of hydrogen-bond acceptors (Lipinski definition) is 5. The second-order valence-electron chi connectivity index (χ2n) is 8.02. The van der Waals surface area contributed by atoms with Gasteiger partial charge in [0.1, 0.15) is 0 Å². The third-order valence-electron chi connectivity index (χ3n) is 6.31. The van der Waals surface area contributed by atoms with Crippen LogP contribution >= 0.6 is 0 Å². The molecular formula is C21H23N3O3. The number of aliphatic carboxylic acids is 1. The molecule has 2 aromatic rings. The van der Waals surface area contributed by atoms with Gasteiger partial charge in [-0.15, -0.1) is 0 Å². The van der Waals surface area contributed by atoms with Gasteiger partial charge in [-0.05, 0) is 50.2 Å². The number of aryl methyl sites for hydroxylation is 1. The largest absolute Gasteiger partial charge is 0.481 e. The molecule has 5 rings (SSSR count). The van der Waals surface area contributed by atoms with E-state index in [4.69, 9.17) is 9.97 Å². The number of carboxylic acid groups (broad SMARTS) is 1. The highest BCUT2D eigenvalue weighted by atomic mass is 16.4. The van der Waals surface area contributed by atoms with Crippen molar-refractivity contribution in [3.63, 3.8) is 0 Å². The lowest BCUT2D eigenvalue weighted by Crippen LogP contribution is -2.59. The molecular weight excluding hydrogens is 342 g/mol. The molecule has 6 nitrogen and oxygen atoms in total. The molecule has 27 heavy (non-hydrogen) atoms. The Kier molecular flexibility index (Phi) is 3.72. The highest BCUT2D eigenvalue weighted by Gasteiger charge is 2.44. The molecule has 4 atom stereocenters. The van der Waals surface area contributed by atoms with Crippen LogP contribution in [-0.4, -0.2) is 44.8 Å². The first-order valence-electron chi connectivity index (χ1n) is 9.70. The third kappa shape index (κ3) is 2.70. The number of rotatable bonds is 4. The van der Waals surface area contributed by atoms with Gasteiger partial charge in [0.25, 0.3) is 0 Å². The number of β-amino-alcohol motifs (C(OH)–C–C–N with tert-alkyl or cyclic N) is 1. The van der Waals surface area contributed by atoms with E-state index in [0.717, 1.165) is 48.2 Å². The van der Waals surface area contributed by atoms with E-state index in [2.05, 4.69) is 17.0 Å². The van der Waals surface area contributed by atoms with Crippen LogP contribution in [0.4, 0.5) is 5.95 Å². The smallest absolute Gasteiger partial charge is 0.307 e. The maximum Gasteiger partial charge on any atom is 0.307 e. The molecule has 0 bridgehead atoms. The van der Waals surface area contributed by atoms with Gasteiger partial charge >= 0.3 is 5.97 Å². The summed E-state index contributed by atoms with van der Waals surface area (Å²) in [6.45, 7) is 2.56. The van der Waals surface area contributed by atoms with Crippen molar-refractivity contribution >= 4 is 11.9 Å². The predicted octanol–water partition coefficient (Wildman–Crippen LogP) is 2.39. The van der Waals surface area contributed by atoms with Crippen LogP contribution < -0.4 is 4.90 Å². The Hall–Kier alpha value is -2.47. The molecule has 2 heterocycles. The van der Waals surface area contributed by atoms with Crippen LogP contribution in [-0.2, 0) is 17.6 Å². The van der Waals surface area contributed by atoms with E-state index >= 15 is 0 Å². The van der Waals surface area contributed by atoms with Gasteiger partial charge in [-0.2, -0.15) is 0 Å². The van der Waals surface area contributed by atoms with E-state index in [1.807, 2.05) is 19.1 Å². The fraction of sp³-hybridized carbons (Fsp3) is 0.476. The first-order chi connectivity index (χ1) is 13.0. The average molecular weight is 365 g/mol. The topological polar surface area (TPSA) is 86.5 Å². The lowest BCUT2D eigenvalue weighted by atomic mass is 9.99. The van der Waals surface area contributed by atoms with Crippen molar-refractivity contribution < 1.29 is 15.0 Å². The Bertz CT molecular complexity index is 929. The quantitative estimate of drug-likeness (QED) is 0.865. The van der Waals surface area contributed by atoms with E-state index < -0.39 is 5.97 Å². The standard InChI is InChI=1S/C21H23N3O3/c1-11-18(25)10-24(11)21-22-17-7-3-6-14(17)19(23-21)13-5-2-4-12(8-13)15-9-16(15)20(26)27/h2,4-5,8,11,15-16,18,25H,3,6-7,9-10H2,1H3,(H,26,27)/t11-,15?,16?,18+/m0/s1. The molecule has 1 saturated carbocycles. The molecule has 2 unspecified atom stereocenters. The average Bonchev–Trinajstić information content (AvgIpc) is 3.35. The molecule has 0 amide bonds. The minimum Gasteiger partial charge on any atom is -0.481 e. The molecule has 1 saturated heterocycles. The Morgan fingerprint density at radius 1 is 1.26 bits per heavy atom. The SMILES string of the molecule is C[C@H]1[C@H](O)CN1c1nc2c(c(-c3cccc(C4CC4C(=O)O)c3)n1)CCC2. The summed E-state index contributed by atoms with van der Waals surface area (Å²) in [4.78, 5) is 22.9. The number of hydrogen-bond donors (Lipinski definition) is 2. The molecule has 1 aromatic carbocycles. The highest BCUT2D eigenvalue weighted by molar-refractivity contribution is 5.76. The summed E-state index contributed by atoms with van der Waals surface area (Å²) in [5.41, 5.74) is 5.42. The maximum absolute atomic E-state index is 11.2. The molecule has 6 heteroatoms. The van der Waals surface area contributed by atoms with Gasteiger partial charge in [0.05, 0.1) is 23.8 Å². The van der Waals surface area contributed by atoms with Crippen molar-refractivity contribution in [2.75, 3.05) is 11.4 Å². The predicted molar refractivity (Wildman–Crippen MR) is 101 cm³/mol. The Balaban J connectivity index is 1.53. The molecule has 3 aliphatic rings. The summed E-state index contributed by atoms with van der Waals surface area (Å²) in [7, 11) is 0. The second-order valence-corrected chi connectivity index (χ2v) is 8.02. The van der Waals surface area contributed by atoms with Gasteiger partial charge in [-0.3, -0.25) is 4.79 Å². The number of aliphatic hydroxyl groups is 1. The zero-order valence-corrected chi connectivity index (χ0v) is 15.3. The summed E-state index contributed by atoms with van der Waals surface area (Å²) in [6, 6.07) is 8.22. The Labute approximate surface area is 157 Å². The molecule has 1 aromatic heterocycles. The Morgan fingerprint density at radius 2 is 2.11 bits per heavy atom. The van der Waals surface area contributed by atoms with Gasteiger partial charge in [-0.1, -0.05) is 18.2 Å². The minimum atomic E-state index is -0.707. The van der Waals surface area contributed by atoms with Crippen LogP contribution in [0.25, 0.3) is 11.3 Å². The monoisotopic (exact) mass is 365 g/mol. The number of carboxylic acids is 1. The zero-order valence-electron chi connectivity index (χ0n) is 15.3. The van der Waals surface area contributed by atoms with Crippen LogP contribution in [0.3, 0.4) is 0 Å². The molecule has 0 radical (unpaired) electrons. The van der Waals surface area contributed by atoms with Crippen LogP contribution in [0.15, 0.2) is 24.3 Å². The molecule has 2 fully saturated rings. The molecule has 0 spiro atoms. The van der Waals surface area contributed by atoms with Gasteiger partial charge in [0.2, 0.25) is 5.95 Å². The highest BCUT2D eigenvalue weighted by Crippen LogP contribution is 2.48. The summed E-state index contributed by atoms with van der Waals surface area (Å²) in [6.07, 6.45) is 3.42. The van der Waals surface area contributed by atoms with Gasteiger partial charge in [0, 0.05) is 23.4 Å². The van der Waals surface area contributed by atoms with E-state index in [1.54, 1.807) is 0 Å². The van der Waals surface area contributed by atoms with Crippen LogP contribution in [0, 0.1) is 5.92 Å². The molecule has 2 N–H and O–H groups in total. The van der Waals surface area contributed by atoms with Crippen LogP contribution in [0.5, 0.6) is 0 Å². The fourth-order valence-corrected chi connectivity index (χ4v) is 4.39. The van der Waals surface area contributed by atoms with E-state index in [9.17, 15) is 15.0 Å². The van der Waals surface area contributed by atoms with Gasteiger partial charge < -0.3 is 15.1 Å². The van der Waals surface area contributed by atoms with Crippen molar-refractivity contribution in [3.05, 3.63) is 41.1 Å². The first kappa shape index (κ1) is 16.7. The summed E-state index contributed by atoms with van der Waals surface area (Å²) < 4.78 is 0. The fourth-order valence-electron chi connectivity index (χ4n) is 4.39. The number of carbonyl (C=O) groups is 1. The lowest BCUT2D eigenvalue weighted by Gasteiger charge is -2.43. The number of aliphatic hydroxyl groups excluding tert-OH is 1. The minimum absolute atomic E-state index is 0.0337. The molecule has 2 aliphatic carbocycles. The van der Waals surface area contributed by atoms with Crippen molar-refractivity contribution in [2.24, 2.45) is 5.92 Å². The van der Waals surface area contributed by atoms with Crippen LogP contribution in [0.2, 0.25) is 0 Å². The van der Waals surface area contributed by atoms with Crippen molar-refractivity contribution in [3.8, 4) is 11.3 Å². The number of benzene rings is 1. The van der Waals surface area contributed by atoms with Crippen LogP contribution in [0.1, 0.15) is 42.5 Å². The number of nitrogens with zero attached hydrogens (tertiary/aromatic N) is 3. The Morgan fingerprint density at radius 3 is 2.81 bits per heavy atom. The summed E-state index contributed by atoms with van der Waals surface area (Å²) >= 11 is 0. The normalized spacial score (nSPS) is 28.6. The van der Waals surface area contributed by atoms with Crippen molar-refractivity contribution in [1.82, 2.24) is 9.97 Å². The first-order valence-corrected chi connectivity index (χ1v) is 9.70. The summed E-state index contributed by atoms with van der Waals surface area (Å²) in [5.74, 6) is -0.151. The van der Waals surface area contributed by atoms with Gasteiger partial charge in [0.15, 0.2) is 0 Å². The molecule has 1 aliphatic heterocycles. The van der Waals surface area contributed by atoms with E-state index in [0.29, 0.717) is 12.5 Å². The third-order valence-corrected chi connectivity index (χ3v) is 6.31. The zero-order chi connectivity index (χ0) is 18.7. The van der Waals surface area contributed by atoms with Gasteiger partial charge in [-0.25, -0.2) is 9.97 Å². The number of aromatic nitrogens is 2. The lowest BCUT2D eigenvalue weighted by molar-refractivity contribution is -0.138. The van der Waals surface area contributed by atoms with Crippen molar-refractivity contribution in [1.29, 1.82) is 0 Å². The maximum atomic E-state index is 11.2.